The van der Waals surface area contributed by atoms with Crippen molar-refractivity contribution in [1.82, 2.24) is 15.2 Å². The number of rotatable bonds is 3. The standard InChI is InChI=1S/C14H17FN4O2S/c1-22(20,21)12-8-17-18-14(12)10-3-2-6-19(9-10)13-5-4-11(15)7-16-13/h4-5,7-8,10H,2-3,6,9H2,1H3,(H,17,18)/t10-/m1/s1. The van der Waals surface area contributed by atoms with Crippen LogP contribution in [0.2, 0.25) is 0 Å². The van der Waals surface area contributed by atoms with Gasteiger partial charge < -0.3 is 4.90 Å². The van der Waals surface area contributed by atoms with Crippen molar-refractivity contribution in [3.8, 4) is 0 Å². The lowest BCUT2D eigenvalue weighted by atomic mass is 9.95. The van der Waals surface area contributed by atoms with Gasteiger partial charge in [0, 0.05) is 25.3 Å². The first-order valence-electron chi connectivity index (χ1n) is 7.05. The average molecular weight is 324 g/mol. The number of anilines is 1. The van der Waals surface area contributed by atoms with Crippen LogP contribution in [0.3, 0.4) is 0 Å². The zero-order valence-electron chi connectivity index (χ0n) is 12.2. The average Bonchev–Trinajstić information content (AvgIpc) is 2.98. The number of nitrogens with zero attached hydrogens (tertiary/aromatic N) is 3. The number of hydrogen-bond donors (Lipinski definition) is 1. The van der Waals surface area contributed by atoms with Crippen molar-refractivity contribution in [2.24, 2.45) is 0 Å². The fraction of sp³-hybridized carbons (Fsp3) is 0.429. The summed E-state index contributed by atoms with van der Waals surface area (Å²) in [6.45, 7) is 1.45. The number of aromatic nitrogens is 3. The van der Waals surface area contributed by atoms with Gasteiger partial charge in [0.05, 0.1) is 18.1 Å². The zero-order chi connectivity index (χ0) is 15.7. The summed E-state index contributed by atoms with van der Waals surface area (Å²) in [4.78, 5) is 6.39. The molecule has 1 aliphatic rings. The number of sulfone groups is 1. The smallest absolute Gasteiger partial charge is 0.178 e. The molecule has 0 radical (unpaired) electrons. The van der Waals surface area contributed by atoms with Crippen molar-refractivity contribution in [2.45, 2.75) is 23.7 Å². The number of H-pyrrole nitrogens is 1. The third-order valence-corrected chi connectivity index (χ3v) is 5.02. The van der Waals surface area contributed by atoms with E-state index in [0.29, 0.717) is 18.1 Å². The number of piperidine rings is 1. The van der Waals surface area contributed by atoms with Crippen LogP contribution in [0.15, 0.2) is 29.4 Å². The van der Waals surface area contributed by atoms with Gasteiger partial charge in [-0.1, -0.05) is 0 Å². The van der Waals surface area contributed by atoms with E-state index in [9.17, 15) is 12.8 Å². The summed E-state index contributed by atoms with van der Waals surface area (Å²) in [5, 5.41) is 6.71. The first kappa shape index (κ1) is 15.0. The fourth-order valence-electron chi connectivity index (χ4n) is 2.85. The molecule has 0 aromatic carbocycles. The first-order valence-corrected chi connectivity index (χ1v) is 8.94. The van der Waals surface area contributed by atoms with Crippen LogP contribution in [0.25, 0.3) is 0 Å². The van der Waals surface area contributed by atoms with Gasteiger partial charge in [0.1, 0.15) is 16.5 Å². The summed E-state index contributed by atoms with van der Waals surface area (Å²) in [5.41, 5.74) is 0.648. The van der Waals surface area contributed by atoms with Gasteiger partial charge in [-0.25, -0.2) is 17.8 Å². The minimum atomic E-state index is -3.30. The maximum atomic E-state index is 13.0. The number of pyridine rings is 1. The number of halogens is 1. The Bertz CT molecular complexity index is 757. The summed E-state index contributed by atoms with van der Waals surface area (Å²) in [6.07, 6.45) is 5.52. The highest BCUT2D eigenvalue weighted by atomic mass is 32.2. The van der Waals surface area contributed by atoms with Crippen molar-refractivity contribution < 1.29 is 12.8 Å². The predicted molar refractivity (Wildman–Crippen MR) is 80.1 cm³/mol. The van der Waals surface area contributed by atoms with E-state index in [2.05, 4.69) is 15.2 Å². The van der Waals surface area contributed by atoms with Gasteiger partial charge in [-0.15, -0.1) is 0 Å². The van der Waals surface area contributed by atoms with E-state index in [0.717, 1.165) is 19.4 Å². The quantitative estimate of drug-likeness (QED) is 0.930. The second-order valence-corrected chi connectivity index (χ2v) is 7.52. The molecule has 0 aliphatic carbocycles. The van der Waals surface area contributed by atoms with Crippen LogP contribution < -0.4 is 4.90 Å². The van der Waals surface area contributed by atoms with Crippen molar-refractivity contribution >= 4 is 15.7 Å². The molecule has 22 heavy (non-hydrogen) atoms. The molecule has 0 saturated carbocycles. The zero-order valence-corrected chi connectivity index (χ0v) is 13.0. The van der Waals surface area contributed by atoms with Crippen molar-refractivity contribution in [2.75, 3.05) is 24.2 Å². The van der Waals surface area contributed by atoms with Crippen LogP contribution in [0.4, 0.5) is 10.2 Å². The maximum absolute atomic E-state index is 13.0. The molecule has 1 N–H and O–H groups in total. The van der Waals surface area contributed by atoms with Crippen LogP contribution in [0, 0.1) is 5.82 Å². The molecule has 3 heterocycles. The maximum Gasteiger partial charge on any atom is 0.178 e. The van der Waals surface area contributed by atoms with Gasteiger partial charge in [0.25, 0.3) is 0 Å². The highest BCUT2D eigenvalue weighted by Gasteiger charge is 2.28. The third kappa shape index (κ3) is 2.96. The van der Waals surface area contributed by atoms with Crippen molar-refractivity contribution in [3.63, 3.8) is 0 Å². The second-order valence-electron chi connectivity index (χ2n) is 5.54. The van der Waals surface area contributed by atoms with Crippen LogP contribution in [-0.4, -0.2) is 42.9 Å². The van der Waals surface area contributed by atoms with Crippen molar-refractivity contribution in [3.05, 3.63) is 36.0 Å². The molecular formula is C14H17FN4O2S. The predicted octanol–water partition coefficient (Wildman–Crippen LogP) is 1.73. The van der Waals surface area contributed by atoms with E-state index >= 15 is 0 Å². The van der Waals surface area contributed by atoms with Gasteiger partial charge in [-0.05, 0) is 25.0 Å². The minimum Gasteiger partial charge on any atom is -0.356 e. The lowest BCUT2D eigenvalue weighted by molar-refractivity contribution is 0.491. The van der Waals surface area contributed by atoms with E-state index in [4.69, 9.17) is 0 Å². The molecule has 6 nitrogen and oxygen atoms in total. The molecule has 1 saturated heterocycles. The normalized spacial score (nSPS) is 19.4. The lowest BCUT2D eigenvalue weighted by Gasteiger charge is -2.33. The minimum absolute atomic E-state index is 0.0350. The van der Waals surface area contributed by atoms with Crippen LogP contribution in [0.1, 0.15) is 24.5 Å². The monoisotopic (exact) mass is 324 g/mol. The fourth-order valence-corrected chi connectivity index (χ4v) is 3.70. The molecule has 2 aromatic heterocycles. The Hall–Kier alpha value is -1.96. The lowest BCUT2D eigenvalue weighted by Crippen LogP contribution is -2.35. The number of hydrogen-bond acceptors (Lipinski definition) is 5. The molecule has 0 unspecified atom stereocenters. The second kappa shape index (κ2) is 5.68. The number of nitrogens with one attached hydrogen (secondary N) is 1. The van der Waals surface area contributed by atoms with Gasteiger partial charge >= 0.3 is 0 Å². The summed E-state index contributed by atoms with van der Waals surface area (Å²) in [5.74, 6) is 0.365. The van der Waals surface area contributed by atoms with Gasteiger partial charge in [-0.3, -0.25) is 5.10 Å². The Kier molecular flexibility index (Phi) is 3.86. The Morgan fingerprint density at radius 1 is 1.36 bits per heavy atom. The molecule has 118 valence electrons. The molecule has 1 aliphatic heterocycles. The van der Waals surface area contributed by atoms with E-state index in [1.54, 1.807) is 6.07 Å². The highest BCUT2D eigenvalue weighted by molar-refractivity contribution is 7.90. The summed E-state index contributed by atoms with van der Waals surface area (Å²) >= 11 is 0. The topological polar surface area (TPSA) is 79.0 Å². The van der Waals surface area contributed by atoms with Crippen LogP contribution in [0.5, 0.6) is 0 Å². The van der Waals surface area contributed by atoms with Gasteiger partial charge in [-0.2, -0.15) is 5.10 Å². The largest absolute Gasteiger partial charge is 0.356 e. The third-order valence-electron chi connectivity index (χ3n) is 3.90. The molecule has 8 heteroatoms. The van der Waals surface area contributed by atoms with Gasteiger partial charge in [0.15, 0.2) is 9.84 Å². The van der Waals surface area contributed by atoms with E-state index in [1.165, 1.54) is 24.7 Å². The molecule has 0 amide bonds. The van der Waals surface area contributed by atoms with Crippen LogP contribution >= 0.6 is 0 Å². The molecule has 3 rings (SSSR count). The van der Waals surface area contributed by atoms with E-state index < -0.39 is 9.84 Å². The summed E-state index contributed by atoms with van der Waals surface area (Å²) in [7, 11) is -3.30. The van der Waals surface area contributed by atoms with Gasteiger partial charge in [0.2, 0.25) is 0 Å². The molecule has 0 bridgehead atoms. The molecule has 0 spiro atoms. The Morgan fingerprint density at radius 3 is 2.86 bits per heavy atom. The molecule has 1 atom stereocenters. The Morgan fingerprint density at radius 2 is 2.18 bits per heavy atom. The number of aromatic amines is 1. The Labute approximate surface area is 128 Å². The Balaban J connectivity index is 1.85. The van der Waals surface area contributed by atoms with E-state index in [1.807, 2.05) is 4.90 Å². The SMILES string of the molecule is CS(=O)(=O)c1cn[nH]c1[C@@H]1CCCN(c2ccc(F)cn2)C1. The summed E-state index contributed by atoms with van der Waals surface area (Å²) < 4.78 is 36.6. The van der Waals surface area contributed by atoms with Crippen molar-refractivity contribution in [1.29, 1.82) is 0 Å². The molecule has 1 fully saturated rings. The summed E-state index contributed by atoms with van der Waals surface area (Å²) in [6, 6.07) is 3.02. The van der Waals surface area contributed by atoms with Crippen LogP contribution in [-0.2, 0) is 9.84 Å². The van der Waals surface area contributed by atoms with E-state index in [-0.39, 0.29) is 16.6 Å². The molecule has 2 aromatic rings. The molecular weight excluding hydrogens is 307 g/mol. The first-order chi connectivity index (χ1) is 10.4. The highest BCUT2D eigenvalue weighted by Crippen LogP contribution is 2.31.